The van der Waals surface area contributed by atoms with Gasteiger partial charge in [-0.05, 0) is 18.6 Å². The van der Waals surface area contributed by atoms with Crippen molar-refractivity contribution in [2.75, 3.05) is 45.1 Å². The quantitative estimate of drug-likeness (QED) is 0.733. The second-order valence-electron chi connectivity index (χ2n) is 5.02. The molecule has 1 fully saturated rings. The van der Waals surface area contributed by atoms with E-state index in [0.717, 1.165) is 39.4 Å². The molecule has 1 amide bonds. The van der Waals surface area contributed by atoms with Crippen molar-refractivity contribution in [2.24, 2.45) is 0 Å². The van der Waals surface area contributed by atoms with E-state index in [-0.39, 0.29) is 5.91 Å². The number of aryl methyl sites for hydroxylation is 1. The van der Waals surface area contributed by atoms with Gasteiger partial charge in [0, 0.05) is 4.90 Å². The molecule has 1 saturated heterocycles. The number of carbonyl (C=O) groups is 1. The van der Waals surface area contributed by atoms with Crippen molar-refractivity contribution in [3.8, 4) is 0 Å². The minimum Gasteiger partial charge on any atom is -0.370 e. The smallest absolute Gasteiger partial charge is 0.230 e. The van der Waals surface area contributed by atoms with Crippen LogP contribution >= 0.6 is 11.8 Å². The summed E-state index contributed by atoms with van der Waals surface area (Å²) in [5.74, 6) is 0.606. The van der Waals surface area contributed by atoms with Crippen LogP contribution in [-0.4, -0.2) is 51.1 Å². The van der Waals surface area contributed by atoms with Gasteiger partial charge in [-0.2, -0.15) is 0 Å². The predicted molar refractivity (Wildman–Crippen MR) is 81.3 cm³/mol. The van der Waals surface area contributed by atoms with Crippen molar-refractivity contribution in [1.29, 1.82) is 0 Å². The number of amides is 1. The minimum absolute atomic E-state index is 0.117. The van der Waals surface area contributed by atoms with Gasteiger partial charge in [0.2, 0.25) is 5.91 Å². The van der Waals surface area contributed by atoms with Gasteiger partial charge < -0.3 is 15.0 Å². The monoisotopic (exact) mass is 295 g/mol. The normalized spacial score (nSPS) is 16.1. The number of rotatable bonds is 6. The van der Waals surface area contributed by atoms with E-state index >= 15 is 0 Å². The van der Waals surface area contributed by atoms with Crippen molar-refractivity contribution >= 4 is 17.7 Å². The van der Waals surface area contributed by atoms with Gasteiger partial charge >= 0.3 is 0 Å². The first-order valence-electron chi connectivity index (χ1n) is 7.12. The van der Waals surface area contributed by atoms with Crippen LogP contribution in [0.5, 0.6) is 0 Å². The van der Waals surface area contributed by atoms with Gasteiger partial charge in [0.15, 0.2) is 0 Å². The van der Waals surface area contributed by atoms with Gasteiger partial charge in [-0.25, -0.2) is 0 Å². The van der Waals surface area contributed by atoms with Crippen LogP contribution in [0.25, 0.3) is 0 Å². The lowest BCUT2D eigenvalue weighted by Gasteiger charge is -2.23. The molecule has 0 radical (unpaired) electrons. The zero-order valence-electron chi connectivity index (χ0n) is 12.0. The number of morpholine rings is 1. The highest BCUT2D eigenvalue weighted by Gasteiger charge is 2.13. The van der Waals surface area contributed by atoms with E-state index in [1.807, 2.05) is 12.1 Å². The highest BCUT2D eigenvalue weighted by atomic mass is 32.2. The minimum atomic E-state index is 0.117. The van der Waals surface area contributed by atoms with Crippen molar-refractivity contribution < 1.29 is 14.4 Å². The Labute approximate surface area is 124 Å². The number of hydrogen-bond donors (Lipinski definition) is 2. The first kappa shape index (κ1) is 15.4. The maximum Gasteiger partial charge on any atom is 0.230 e. The van der Waals surface area contributed by atoms with Crippen molar-refractivity contribution in [3.05, 3.63) is 29.8 Å². The van der Waals surface area contributed by atoms with Crippen LogP contribution in [0.4, 0.5) is 0 Å². The largest absolute Gasteiger partial charge is 0.370 e. The van der Waals surface area contributed by atoms with Gasteiger partial charge in [0.1, 0.15) is 13.1 Å². The highest BCUT2D eigenvalue weighted by Crippen LogP contribution is 2.21. The van der Waals surface area contributed by atoms with E-state index in [2.05, 4.69) is 24.4 Å². The van der Waals surface area contributed by atoms with Gasteiger partial charge in [0.05, 0.1) is 32.1 Å². The number of nitrogens with one attached hydrogen (secondary N) is 2. The number of benzene rings is 1. The van der Waals surface area contributed by atoms with E-state index in [0.29, 0.717) is 5.75 Å². The van der Waals surface area contributed by atoms with E-state index in [1.54, 1.807) is 11.8 Å². The van der Waals surface area contributed by atoms with Gasteiger partial charge in [0.25, 0.3) is 0 Å². The summed E-state index contributed by atoms with van der Waals surface area (Å²) in [7, 11) is 0. The second-order valence-corrected chi connectivity index (χ2v) is 6.03. The van der Waals surface area contributed by atoms with Crippen LogP contribution in [0.1, 0.15) is 5.56 Å². The molecule has 1 aliphatic heterocycles. The summed E-state index contributed by atoms with van der Waals surface area (Å²) in [6.07, 6.45) is 0. The molecule has 1 heterocycles. The summed E-state index contributed by atoms with van der Waals surface area (Å²) in [5.41, 5.74) is 1.23. The lowest BCUT2D eigenvalue weighted by molar-refractivity contribution is -0.906. The molecule has 0 bridgehead atoms. The molecule has 20 heavy (non-hydrogen) atoms. The molecule has 0 aliphatic carbocycles. The molecule has 0 saturated carbocycles. The molecule has 4 nitrogen and oxygen atoms in total. The van der Waals surface area contributed by atoms with Crippen LogP contribution in [0.2, 0.25) is 0 Å². The van der Waals surface area contributed by atoms with Crippen LogP contribution in [0, 0.1) is 6.92 Å². The fourth-order valence-corrected chi connectivity index (χ4v) is 3.06. The Bertz CT molecular complexity index is 434. The molecule has 0 spiro atoms. The molecule has 0 unspecified atom stereocenters. The third kappa shape index (κ3) is 5.15. The number of carbonyl (C=O) groups excluding carboxylic acids is 1. The Balaban J connectivity index is 1.62. The molecule has 1 aliphatic rings. The Morgan fingerprint density at radius 2 is 2.10 bits per heavy atom. The lowest BCUT2D eigenvalue weighted by atomic mass is 10.2. The average Bonchev–Trinajstić information content (AvgIpc) is 2.47. The molecule has 0 atom stereocenters. The third-order valence-electron chi connectivity index (χ3n) is 3.45. The van der Waals surface area contributed by atoms with Crippen LogP contribution < -0.4 is 10.2 Å². The first-order valence-corrected chi connectivity index (χ1v) is 8.10. The van der Waals surface area contributed by atoms with Crippen molar-refractivity contribution in [3.63, 3.8) is 0 Å². The fraction of sp³-hybridized carbons (Fsp3) is 0.533. The standard InChI is InChI=1S/C15H22N2O2S/c1-13-4-2-3-5-14(13)20-12-15(18)16-6-7-17-8-10-19-11-9-17/h2-5H,6-12H2,1H3,(H,16,18)/p+1. The van der Waals surface area contributed by atoms with Crippen molar-refractivity contribution in [2.45, 2.75) is 11.8 Å². The summed E-state index contributed by atoms with van der Waals surface area (Å²) >= 11 is 1.60. The summed E-state index contributed by atoms with van der Waals surface area (Å²) < 4.78 is 5.31. The number of quaternary nitrogens is 1. The summed E-state index contributed by atoms with van der Waals surface area (Å²) in [6.45, 7) is 7.59. The molecular weight excluding hydrogens is 272 g/mol. The molecule has 2 N–H and O–H groups in total. The maximum atomic E-state index is 11.8. The third-order valence-corrected chi connectivity index (χ3v) is 4.63. The zero-order chi connectivity index (χ0) is 14.2. The number of hydrogen-bond acceptors (Lipinski definition) is 3. The lowest BCUT2D eigenvalue weighted by Crippen LogP contribution is -3.14. The first-order chi connectivity index (χ1) is 9.75. The highest BCUT2D eigenvalue weighted by molar-refractivity contribution is 8.00. The number of thioether (sulfide) groups is 1. The Kier molecular flexibility index (Phi) is 6.36. The summed E-state index contributed by atoms with van der Waals surface area (Å²) in [6, 6.07) is 8.16. The van der Waals surface area contributed by atoms with Crippen LogP contribution in [-0.2, 0) is 9.53 Å². The van der Waals surface area contributed by atoms with E-state index in [1.165, 1.54) is 15.4 Å². The van der Waals surface area contributed by atoms with E-state index in [9.17, 15) is 4.79 Å². The second kappa shape index (κ2) is 8.29. The summed E-state index contributed by atoms with van der Waals surface area (Å²) in [5, 5.41) is 3.00. The fourth-order valence-electron chi connectivity index (χ4n) is 2.20. The van der Waals surface area contributed by atoms with Crippen LogP contribution in [0.15, 0.2) is 29.2 Å². The molecular formula is C15H23N2O2S+. The van der Waals surface area contributed by atoms with Gasteiger partial charge in [-0.1, -0.05) is 18.2 Å². The Morgan fingerprint density at radius 3 is 2.85 bits per heavy atom. The number of ether oxygens (including phenoxy) is 1. The topological polar surface area (TPSA) is 42.8 Å². The Morgan fingerprint density at radius 1 is 1.35 bits per heavy atom. The molecule has 2 rings (SSSR count). The molecule has 5 heteroatoms. The van der Waals surface area contributed by atoms with Gasteiger partial charge in [-0.3, -0.25) is 4.79 Å². The van der Waals surface area contributed by atoms with E-state index < -0.39 is 0 Å². The Hall–Kier alpha value is -1.04. The molecule has 110 valence electrons. The van der Waals surface area contributed by atoms with E-state index in [4.69, 9.17) is 4.74 Å². The molecule has 1 aromatic carbocycles. The van der Waals surface area contributed by atoms with Gasteiger partial charge in [-0.15, -0.1) is 11.8 Å². The maximum absolute atomic E-state index is 11.8. The molecule has 0 aromatic heterocycles. The zero-order valence-corrected chi connectivity index (χ0v) is 12.8. The average molecular weight is 295 g/mol. The summed E-state index contributed by atoms with van der Waals surface area (Å²) in [4.78, 5) is 14.5. The predicted octanol–water partition coefficient (Wildman–Crippen LogP) is 0.118. The van der Waals surface area contributed by atoms with Crippen molar-refractivity contribution in [1.82, 2.24) is 5.32 Å². The SMILES string of the molecule is Cc1ccccc1SCC(=O)NCC[NH+]1CCOCC1. The molecule has 1 aromatic rings. The van der Waals surface area contributed by atoms with Crippen LogP contribution in [0.3, 0.4) is 0 Å².